The molecule has 5 rings (SSSR count). The molecule has 2 aromatic heterocycles. The van der Waals surface area contributed by atoms with Crippen LogP contribution in [0, 0.1) is 5.92 Å². The van der Waals surface area contributed by atoms with Crippen molar-refractivity contribution in [2.45, 2.75) is 31.8 Å². The molecule has 120 valence electrons. The standard InChI is InChI=1S/C18H22N4O/c1-13-17(14-5-9-21(13)10-6-14)20-18(23)22-11-7-15(12-22)16-4-2-3-8-19-16/h2-4,7-8,11-14,17H,5-6,9-10H2,1H3,(H,20,23)/t13-,17-/m0/s1. The molecule has 2 atom stereocenters. The summed E-state index contributed by atoms with van der Waals surface area (Å²) in [6, 6.07) is 8.37. The van der Waals surface area contributed by atoms with Crippen molar-refractivity contribution in [3.05, 3.63) is 42.9 Å². The van der Waals surface area contributed by atoms with Gasteiger partial charge >= 0.3 is 6.03 Å². The first-order valence-electron chi connectivity index (χ1n) is 8.37. The molecule has 0 aromatic carbocycles. The molecule has 0 aliphatic carbocycles. The lowest BCUT2D eigenvalue weighted by Gasteiger charge is -2.49. The quantitative estimate of drug-likeness (QED) is 0.927. The number of aromatic nitrogens is 2. The van der Waals surface area contributed by atoms with Gasteiger partial charge in [0.1, 0.15) is 0 Å². The van der Waals surface area contributed by atoms with E-state index in [1.165, 1.54) is 25.9 Å². The largest absolute Gasteiger partial charge is 0.333 e. The number of rotatable bonds is 2. The van der Waals surface area contributed by atoms with Crippen molar-refractivity contribution >= 4 is 6.03 Å². The lowest BCUT2D eigenvalue weighted by atomic mass is 9.79. The first kappa shape index (κ1) is 14.5. The smallest absolute Gasteiger partial charge is 0.325 e. The fourth-order valence-electron chi connectivity index (χ4n) is 3.97. The summed E-state index contributed by atoms with van der Waals surface area (Å²) in [5.74, 6) is 0.616. The second kappa shape index (κ2) is 5.81. The highest BCUT2D eigenvalue weighted by atomic mass is 16.2. The number of hydrogen-bond donors (Lipinski definition) is 1. The molecule has 1 amide bonds. The summed E-state index contributed by atoms with van der Waals surface area (Å²) in [5, 5.41) is 3.24. The van der Waals surface area contributed by atoms with Crippen molar-refractivity contribution in [2.24, 2.45) is 5.92 Å². The highest BCUT2D eigenvalue weighted by molar-refractivity contribution is 5.79. The molecule has 2 aromatic rings. The molecule has 5 nitrogen and oxygen atoms in total. The van der Waals surface area contributed by atoms with E-state index in [4.69, 9.17) is 0 Å². The van der Waals surface area contributed by atoms with Crippen LogP contribution in [0.5, 0.6) is 0 Å². The van der Waals surface area contributed by atoms with E-state index in [-0.39, 0.29) is 12.1 Å². The molecule has 0 spiro atoms. The molecule has 0 saturated carbocycles. The summed E-state index contributed by atoms with van der Waals surface area (Å²) >= 11 is 0. The Morgan fingerprint density at radius 1 is 1.26 bits per heavy atom. The van der Waals surface area contributed by atoms with Crippen molar-refractivity contribution in [1.82, 2.24) is 19.8 Å². The van der Waals surface area contributed by atoms with E-state index in [0.29, 0.717) is 12.0 Å². The Labute approximate surface area is 136 Å². The molecular formula is C18H22N4O. The van der Waals surface area contributed by atoms with Crippen molar-refractivity contribution in [3.63, 3.8) is 0 Å². The number of fused-ring (bicyclic) bond motifs is 3. The van der Waals surface area contributed by atoms with Crippen LogP contribution in [0.25, 0.3) is 11.3 Å². The van der Waals surface area contributed by atoms with Crippen LogP contribution in [-0.4, -0.2) is 45.7 Å². The van der Waals surface area contributed by atoms with E-state index in [9.17, 15) is 4.79 Å². The summed E-state index contributed by atoms with van der Waals surface area (Å²) in [6.45, 7) is 4.57. The number of pyridine rings is 1. The van der Waals surface area contributed by atoms with Gasteiger partial charge in [-0.2, -0.15) is 0 Å². The second-order valence-corrected chi connectivity index (χ2v) is 6.61. The van der Waals surface area contributed by atoms with E-state index < -0.39 is 0 Å². The Morgan fingerprint density at radius 2 is 2.09 bits per heavy atom. The maximum atomic E-state index is 12.6. The Morgan fingerprint density at radius 3 is 2.78 bits per heavy atom. The van der Waals surface area contributed by atoms with Gasteiger partial charge in [-0.05, 0) is 57.0 Å². The van der Waals surface area contributed by atoms with Crippen LogP contribution in [0.15, 0.2) is 42.9 Å². The zero-order valence-corrected chi connectivity index (χ0v) is 13.4. The zero-order valence-electron chi connectivity index (χ0n) is 13.4. The van der Waals surface area contributed by atoms with E-state index in [1.807, 2.05) is 36.7 Å². The number of carbonyl (C=O) groups excluding carboxylic acids is 1. The van der Waals surface area contributed by atoms with Gasteiger partial charge in [-0.1, -0.05) is 6.07 Å². The Balaban J connectivity index is 1.49. The van der Waals surface area contributed by atoms with Gasteiger partial charge in [0.05, 0.1) is 5.69 Å². The summed E-state index contributed by atoms with van der Waals surface area (Å²) in [7, 11) is 0. The fourth-order valence-corrected chi connectivity index (χ4v) is 3.97. The van der Waals surface area contributed by atoms with Crippen LogP contribution in [-0.2, 0) is 0 Å². The monoisotopic (exact) mass is 310 g/mol. The minimum atomic E-state index is -0.0437. The molecule has 3 fully saturated rings. The van der Waals surface area contributed by atoms with Gasteiger partial charge in [-0.15, -0.1) is 0 Å². The molecule has 3 aliphatic rings. The highest BCUT2D eigenvalue weighted by Crippen LogP contribution is 2.32. The van der Waals surface area contributed by atoms with Crippen LogP contribution < -0.4 is 5.32 Å². The molecule has 2 bridgehead atoms. The van der Waals surface area contributed by atoms with Crippen LogP contribution >= 0.6 is 0 Å². The Bertz CT molecular complexity index is 686. The SMILES string of the molecule is C[C@H]1[C@H](NC(=O)n2ccc(-c3ccccn3)c2)C2CCN1CC2. The fraction of sp³-hybridized carbons (Fsp3) is 0.444. The number of carbonyl (C=O) groups is 1. The molecule has 3 aliphatic heterocycles. The number of nitrogens with zero attached hydrogens (tertiary/aromatic N) is 3. The Hall–Kier alpha value is -2.14. The molecular weight excluding hydrogens is 288 g/mol. The summed E-state index contributed by atoms with van der Waals surface area (Å²) in [6.07, 6.45) is 7.82. The topological polar surface area (TPSA) is 50.2 Å². The lowest BCUT2D eigenvalue weighted by Crippen LogP contribution is -2.62. The van der Waals surface area contributed by atoms with Gasteiger partial charge in [0.25, 0.3) is 0 Å². The number of hydrogen-bond acceptors (Lipinski definition) is 3. The molecule has 5 heterocycles. The minimum absolute atomic E-state index is 0.0437. The van der Waals surface area contributed by atoms with E-state index in [0.717, 1.165) is 11.3 Å². The molecule has 1 N–H and O–H groups in total. The third-order valence-corrected chi connectivity index (χ3v) is 5.36. The summed E-state index contributed by atoms with van der Waals surface area (Å²) < 4.78 is 1.63. The third kappa shape index (κ3) is 2.65. The summed E-state index contributed by atoms with van der Waals surface area (Å²) in [5.41, 5.74) is 1.85. The first-order valence-corrected chi connectivity index (χ1v) is 8.37. The van der Waals surface area contributed by atoms with Gasteiger partial charge in [-0.3, -0.25) is 14.5 Å². The van der Waals surface area contributed by atoms with E-state index in [1.54, 1.807) is 10.8 Å². The Kier molecular flexibility index (Phi) is 3.65. The zero-order chi connectivity index (χ0) is 15.8. The predicted octanol–water partition coefficient (Wildman–Crippen LogP) is 2.59. The average Bonchev–Trinajstić information content (AvgIpc) is 3.09. The number of amides is 1. The van der Waals surface area contributed by atoms with Crippen molar-refractivity contribution in [1.29, 1.82) is 0 Å². The first-order chi connectivity index (χ1) is 11.2. The number of piperidine rings is 3. The van der Waals surface area contributed by atoms with Gasteiger partial charge in [0.15, 0.2) is 0 Å². The van der Waals surface area contributed by atoms with Crippen LogP contribution in [0.3, 0.4) is 0 Å². The minimum Gasteiger partial charge on any atom is -0.333 e. The molecule has 0 radical (unpaired) electrons. The average molecular weight is 310 g/mol. The third-order valence-electron chi connectivity index (χ3n) is 5.36. The normalized spacial score (nSPS) is 29.4. The molecule has 23 heavy (non-hydrogen) atoms. The maximum Gasteiger partial charge on any atom is 0.325 e. The van der Waals surface area contributed by atoms with E-state index >= 15 is 0 Å². The maximum absolute atomic E-state index is 12.6. The van der Waals surface area contributed by atoms with Crippen LogP contribution in [0.2, 0.25) is 0 Å². The van der Waals surface area contributed by atoms with Crippen molar-refractivity contribution in [2.75, 3.05) is 13.1 Å². The van der Waals surface area contributed by atoms with Gasteiger partial charge in [0.2, 0.25) is 0 Å². The van der Waals surface area contributed by atoms with Gasteiger partial charge in [-0.25, -0.2) is 4.79 Å². The molecule has 3 saturated heterocycles. The van der Waals surface area contributed by atoms with Crippen LogP contribution in [0.4, 0.5) is 4.79 Å². The van der Waals surface area contributed by atoms with Crippen molar-refractivity contribution < 1.29 is 4.79 Å². The van der Waals surface area contributed by atoms with Gasteiger partial charge in [0, 0.05) is 36.2 Å². The van der Waals surface area contributed by atoms with Crippen LogP contribution in [0.1, 0.15) is 19.8 Å². The van der Waals surface area contributed by atoms with E-state index in [2.05, 4.69) is 22.1 Å². The lowest BCUT2D eigenvalue weighted by molar-refractivity contribution is 0.0267. The molecule has 5 heteroatoms. The predicted molar refractivity (Wildman–Crippen MR) is 89.1 cm³/mol. The molecule has 0 unspecified atom stereocenters. The summed E-state index contributed by atoms with van der Waals surface area (Å²) in [4.78, 5) is 19.4. The number of nitrogens with one attached hydrogen (secondary N) is 1. The second-order valence-electron chi connectivity index (χ2n) is 6.61. The van der Waals surface area contributed by atoms with Gasteiger partial charge < -0.3 is 5.32 Å². The van der Waals surface area contributed by atoms with Crippen molar-refractivity contribution in [3.8, 4) is 11.3 Å². The highest BCUT2D eigenvalue weighted by Gasteiger charge is 2.40.